The van der Waals surface area contributed by atoms with Crippen molar-refractivity contribution in [2.45, 2.75) is 13.8 Å². The maximum Gasteiger partial charge on any atom is 0.0565 e. The van der Waals surface area contributed by atoms with E-state index in [9.17, 15) is 0 Å². The summed E-state index contributed by atoms with van der Waals surface area (Å²) in [7, 11) is 0.251. The van der Waals surface area contributed by atoms with Gasteiger partial charge in [0.2, 0.25) is 0 Å². The van der Waals surface area contributed by atoms with E-state index in [1.807, 2.05) is 0 Å². The first-order chi connectivity index (χ1) is 3.27. The molecule has 0 aromatic rings. The molecule has 0 saturated heterocycles. The summed E-state index contributed by atoms with van der Waals surface area (Å²) in [6.45, 7) is 4.18. The highest BCUT2D eigenvalue weighted by atomic mass is 31.1. The van der Waals surface area contributed by atoms with Crippen molar-refractivity contribution in [3.63, 3.8) is 0 Å². The molecule has 0 aliphatic heterocycles. The van der Waals surface area contributed by atoms with Crippen LogP contribution in [-0.2, 0) is 4.67 Å². The van der Waals surface area contributed by atoms with Gasteiger partial charge in [0, 0.05) is 0 Å². The van der Waals surface area contributed by atoms with Gasteiger partial charge in [0.15, 0.2) is 0 Å². The van der Waals surface area contributed by atoms with E-state index < -0.39 is 0 Å². The van der Waals surface area contributed by atoms with Crippen molar-refractivity contribution in [1.29, 1.82) is 0 Å². The predicted molar refractivity (Wildman–Crippen MR) is 31.7 cm³/mol. The van der Waals surface area contributed by atoms with Gasteiger partial charge in [-0.15, -0.1) is 0 Å². The fourth-order valence-corrected chi connectivity index (χ4v) is 0.612. The second-order valence-corrected chi connectivity index (χ2v) is 2.71. The molecule has 0 rings (SSSR count). The van der Waals surface area contributed by atoms with E-state index in [0.29, 0.717) is 5.92 Å². The topological polar surface area (TPSA) is 29.5 Å². The molecule has 0 aromatic carbocycles. The average Bonchev–Trinajstić information content (AvgIpc) is 1.61. The molecular weight excluding hydrogens is 111 g/mol. The zero-order valence-electron chi connectivity index (χ0n) is 4.64. The Kier molecular flexibility index (Phi) is 4.73. The lowest BCUT2D eigenvalue weighted by molar-refractivity contribution is -0.123. The Morgan fingerprint density at radius 3 is 2.43 bits per heavy atom. The van der Waals surface area contributed by atoms with Gasteiger partial charge in [-0.3, -0.25) is 0 Å². The maximum absolute atomic E-state index is 7.83. The van der Waals surface area contributed by atoms with Gasteiger partial charge in [-0.25, -0.2) is 9.93 Å². The molecule has 0 bridgehead atoms. The fourth-order valence-electron chi connectivity index (χ4n) is 0.204. The minimum Gasteiger partial charge on any atom is -0.249 e. The molecule has 1 N–H and O–H groups in total. The molecule has 2 nitrogen and oxygen atoms in total. The SMILES string of the molecule is CC(C)CPOO. The van der Waals surface area contributed by atoms with Crippen molar-refractivity contribution in [3.8, 4) is 0 Å². The number of rotatable bonds is 3. The Hall–Kier alpha value is 0.350. The van der Waals surface area contributed by atoms with E-state index in [1.54, 1.807) is 0 Å². The lowest BCUT2D eigenvalue weighted by Gasteiger charge is -1.97. The average molecular weight is 122 g/mol. The Morgan fingerprint density at radius 2 is 2.29 bits per heavy atom. The predicted octanol–water partition coefficient (Wildman–Crippen LogP) is 1.73. The Morgan fingerprint density at radius 1 is 1.71 bits per heavy atom. The molecule has 0 amide bonds. The summed E-state index contributed by atoms with van der Waals surface area (Å²) in [5.41, 5.74) is 0. The Labute approximate surface area is 45.7 Å². The first-order valence-corrected chi connectivity index (χ1v) is 3.42. The largest absolute Gasteiger partial charge is 0.249 e. The van der Waals surface area contributed by atoms with Crippen LogP contribution in [0.4, 0.5) is 0 Å². The molecule has 0 aliphatic rings. The highest BCUT2D eigenvalue weighted by Crippen LogP contribution is 2.13. The molecule has 0 aliphatic carbocycles. The Bertz CT molecular complexity index is 38.7. The van der Waals surface area contributed by atoms with Crippen molar-refractivity contribution in [2.24, 2.45) is 5.92 Å². The van der Waals surface area contributed by atoms with E-state index >= 15 is 0 Å². The highest BCUT2D eigenvalue weighted by Gasteiger charge is 1.90. The van der Waals surface area contributed by atoms with Crippen LogP contribution in [0.25, 0.3) is 0 Å². The molecule has 0 fully saturated rings. The monoisotopic (exact) mass is 122 g/mol. The molecule has 0 heterocycles. The van der Waals surface area contributed by atoms with Gasteiger partial charge in [0.25, 0.3) is 0 Å². The molecule has 7 heavy (non-hydrogen) atoms. The molecular formula is C4H11O2P. The Balaban J connectivity index is 2.68. The quantitative estimate of drug-likeness (QED) is 0.351. The third-order valence-electron chi connectivity index (χ3n) is 0.556. The molecule has 0 aromatic heterocycles. The zero-order chi connectivity index (χ0) is 5.70. The van der Waals surface area contributed by atoms with E-state index in [-0.39, 0.29) is 8.81 Å². The summed E-state index contributed by atoms with van der Waals surface area (Å²) >= 11 is 0. The van der Waals surface area contributed by atoms with Crippen molar-refractivity contribution in [2.75, 3.05) is 6.16 Å². The van der Waals surface area contributed by atoms with Crippen LogP contribution in [0.15, 0.2) is 0 Å². The van der Waals surface area contributed by atoms with Gasteiger partial charge in [-0.1, -0.05) is 13.8 Å². The van der Waals surface area contributed by atoms with Crippen LogP contribution in [0.3, 0.4) is 0 Å². The van der Waals surface area contributed by atoms with E-state index in [4.69, 9.17) is 5.26 Å². The van der Waals surface area contributed by atoms with Gasteiger partial charge in [0.1, 0.15) is 0 Å². The molecule has 0 spiro atoms. The van der Waals surface area contributed by atoms with Crippen LogP contribution in [0.1, 0.15) is 13.8 Å². The summed E-state index contributed by atoms with van der Waals surface area (Å²) < 4.78 is 3.88. The minimum atomic E-state index is 0.251. The maximum atomic E-state index is 7.83. The molecule has 44 valence electrons. The normalized spacial score (nSPS) is 12.0. The van der Waals surface area contributed by atoms with Crippen molar-refractivity contribution >= 4 is 8.81 Å². The van der Waals surface area contributed by atoms with Crippen molar-refractivity contribution in [3.05, 3.63) is 0 Å². The summed E-state index contributed by atoms with van der Waals surface area (Å²) in [5.74, 6) is 0.630. The van der Waals surface area contributed by atoms with Gasteiger partial charge in [0.05, 0.1) is 8.81 Å². The summed E-state index contributed by atoms with van der Waals surface area (Å²) in [6.07, 6.45) is 0.955. The first kappa shape index (κ1) is 7.35. The van der Waals surface area contributed by atoms with Crippen LogP contribution in [0, 0.1) is 5.92 Å². The third kappa shape index (κ3) is 6.35. The van der Waals surface area contributed by atoms with Gasteiger partial charge in [-0.05, 0) is 12.1 Å². The zero-order valence-corrected chi connectivity index (χ0v) is 5.64. The second kappa shape index (κ2) is 4.51. The molecule has 3 heteroatoms. The van der Waals surface area contributed by atoms with Crippen LogP contribution >= 0.6 is 8.81 Å². The number of hydrogen-bond acceptors (Lipinski definition) is 2. The first-order valence-electron chi connectivity index (χ1n) is 2.30. The molecule has 1 atom stereocenters. The smallest absolute Gasteiger partial charge is 0.0565 e. The van der Waals surface area contributed by atoms with Crippen molar-refractivity contribution in [1.82, 2.24) is 0 Å². The minimum absolute atomic E-state index is 0.251. The summed E-state index contributed by atoms with van der Waals surface area (Å²) in [5, 5.41) is 7.83. The van der Waals surface area contributed by atoms with E-state index in [0.717, 1.165) is 6.16 Å². The van der Waals surface area contributed by atoms with Crippen LogP contribution in [0.5, 0.6) is 0 Å². The van der Waals surface area contributed by atoms with Crippen LogP contribution in [0.2, 0.25) is 0 Å². The lowest BCUT2D eigenvalue weighted by Crippen LogP contribution is -1.87. The second-order valence-electron chi connectivity index (χ2n) is 1.83. The van der Waals surface area contributed by atoms with E-state index in [1.165, 1.54) is 0 Å². The molecule has 0 radical (unpaired) electrons. The third-order valence-corrected chi connectivity index (χ3v) is 1.67. The highest BCUT2D eigenvalue weighted by molar-refractivity contribution is 7.32. The van der Waals surface area contributed by atoms with E-state index in [2.05, 4.69) is 18.5 Å². The lowest BCUT2D eigenvalue weighted by atomic mass is 10.3. The van der Waals surface area contributed by atoms with Gasteiger partial charge in [-0.2, -0.15) is 0 Å². The van der Waals surface area contributed by atoms with Crippen LogP contribution in [-0.4, -0.2) is 11.4 Å². The van der Waals surface area contributed by atoms with Crippen LogP contribution < -0.4 is 0 Å². The summed E-state index contributed by atoms with van der Waals surface area (Å²) in [4.78, 5) is 0. The fraction of sp³-hybridized carbons (Fsp3) is 1.00. The molecule has 0 saturated carbocycles. The van der Waals surface area contributed by atoms with Gasteiger partial charge < -0.3 is 0 Å². The number of hydrogen-bond donors (Lipinski definition) is 1. The van der Waals surface area contributed by atoms with Crippen molar-refractivity contribution < 1.29 is 9.93 Å². The standard InChI is InChI=1S/C4H11O2P/c1-4(2)3-7-6-5/h4-5,7H,3H2,1-2H3. The van der Waals surface area contributed by atoms with Gasteiger partial charge >= 0.3 is 0 Å². The summed E-state index contributed by atoms with van der Waals surface area (Å²) in [6, 6.07) is 0. The molecule has 1 unspecified atom stereocenters.